The maximum absolute atomic E-state index is 12.7. The molecule has 2 aliphatic rings. The fraction of sp³-hybridized carbons (Fsp3) is 0.391. The van der Waals surface area contributed by atoms with E-state index in [0.717, 1.165) is 42.8 Å². The van der Waals surface area contributed by atoms with E-state index < -0.39 is 0 Å². The highest BCUT2D eigenvalue weighted by atomic mass is 16.5. The molecule has 1 saturated carbocycles. The first-order valence-electron chi connectivity index (χ1n) is 10.1. The topological polar surface area (TPSA) is 58.6 Å². The Balaban J connectivity index is 1.40. The van der Waals surface area contributed by atoms with E-state index in [9.17, 15) is 9.59 Å². The molecule has 146 valence electrons. The number of rotatable bonds is 6. The van der Waals surface area contributed by atoms with E-state index in [4.69, 9.17) is 4.74 Å². The summed E-state index contributed by atoms with van der Waals surface area (Å²) in [7, 11) is 0. The van der Waals surface area contributed by atoms with E-state index in [1.165, 1.54) is 12.8 Å². The number of amides is 2. The molecular formula is C23H26N2O3. The van der Waals surface area contributed by atoms with Gasteiger partial charge >= 0.3 is 0 Å². The molecule has 0 atom stereocenters. The van der Waals surface area contributed by atoms with Crippen LogP contribution in [-0.4, -0.2) is 29.4 Å². The Kier molecular flexibility index (Phi) is 5.60. The van der Waals surface area contributed by atoms with Crippen LogP contribution in [0.4, 0.5) is 5.69 Å². The number of nitrogens with one attached hydrogen (secondary N) is 1. The summed E-state index contributed by atoms with van der Waals surface area (Å²) in [4.78, 5) is 26.4. The van der Waals surface area contributed by atoms with Crippen LogP contribution in [0.1, 0.15) is 54.4 Å². The predicted molar refractivity (Wildman–Crippen MR) is 108 cm³/mol. The number of ether oxygens (including phenoxy) is 1. The third kappa shape index (κ3) is 4.53. The van der Waals surface area contributed by atoms with Gasteiger partial charge in [-0.1, -0.05) is 18.2 Å². The van der Waals surface area contributed by atoms with Gasteiger partial charge in [-0.15, -0.1) is 0 Å². The van der Waals surface area contributed by atoms with Crippen molar-refractivity contribution in [1.29, 1.82) is 0 Å². The minimum Gasteiger partial charge on any atom is -0.490 e. The van der Waals surface area contributed by atoms with Crippen molar-refractivity contribution in [2.45, 2.75) is 51.2 Å². The van der Waals surface area contributed by atoms with Gasteiger partial charge in [0.05, 0.1) is 6.10 Å². The van der Waals surface area contributed by atoms with Crippen LogP contribution in [0.15, 0.2) is 48.5 Å². The van der Waals surface area contributed by atoms with Crippen LogP contribution in [0.25, 0.3) is 0 Å². The van der Waals surface area contributed by atoms with Gasteiger partial charge in [-0.3, -0.25) is 9.59 Å². The second-order valence-electron chi connectivity index (χ2n) is 7.63. The van der Waals surface area contributed by atoms with Crippen molar-refractivity contribution in [3.05, 3.63) is 59.7 Å². The summed E-state index contributed by atoms with van der Waals surface area (Å²) in [5.74, 6) is 0.826. The SMILES string of the molecule is O=C(Nc1cccc(OC2CCCC2)c1)c1cccc(CN2CCCC2=O)c1. The smallest absolute Gasteiger partial charge is 0.255 e. The monoisotopic (exact) mass is 378 g/mol. The molecule has 0 radical (unpaired) electrons. The molecule has 1 saturated heterocycles. The molecule has 28 heavy (non-hydrogen) atoms. The van der Waals surface area contributed by atoms with Crippen molar-refractivity contribution in [2.75, 3.05) is 11.9 Å². The second kappa shape index (κ2) is 8.46. The zero-order valence-electron chi connectivity index (χ0n) is 16.0. The van der Waals surface area contributed by atoms with Gasteiger partial charge in [0.15, 0.2) is 0 Å². The average molecular weight is 378 g/mol. The number of hydrogen-bond acceptors (Lipinski definition) is 3. The van der Waals surface area contributed by atoms with Crippen LogP contribution in [0.2, 0.25) is 0 Å². The standard InChI is InChI=1S/C23H26N2O3/c26-22-12-5-13-25(22)16-17-6-3-7-18(14-17)23(27)24-19-8-4-11-21(15-19)28-20-9-1-2-10-20/h3-4,6-8,11,14-15,20H,1-2,5,9-10,12-13,16H2,(H,24,27). The molecular weight excluding hydrogens is 352 g/mol. The highest BCUT2D eigenvalue weighted by molar-refractivity contribution is 6.04. The summed E-state index contributed by atoms with van der Waals surface area (Å²) in [6.07, 6.45) is 6.47. The Bertz CT molecular complexity index is 858. The summed E-state index contributed by atoms with van der Waals surface area (Å²) < 4.78 is 6.02. The molecule has 1 N–H and O–H groups in total. The lowest BCUT2D eigenvalue weighted by Crippen LogP contribution is -2.24. The van der Waals surface area contributed by atoms with E-state index in [1.807, 2.05) is 47.4 Å². The van der Waals surface area contributed by atoms with E-state index >= 15 is 0 Å². The van der Waals surface area contributed by atoms with Crippen molar-refractivity contribution >= 4 is 17.5 Å². The van der Waals surface area contributed by atoms with Gasteiger partial charge in [0, 0.05) is 36.8 Å². The van der Waals surface area contributed by atoms with Crippen LogP contribution in [-0.2, 0) is 11.3 Å². The first-order chi connectivity index (χ1) is 13.7. The average Bonchev–Trinajstić information content (AvgIpc) is 3.34. The largest absolute Gasteiger partial charge is 0.490 e. The Morgan fingerprint density at radius 2 is 1.89 bits per heavy atom. The number of carbonyl (C=O) groups is 2. The number of carbonyl (C=O) groups excluding carboxylic acids is 2. The number of benzene rings is 2. The van der Waals surface area contributed by atoms with Crippen LogP contribution in [0.5, 0.6) is 5.75 Å². The maximum Gasteiger partial charge on any atom is 0.255 e. The zero-order chi connectivity index (χ0) is 19.3. The Labute approximate surface area is 165 Å². The summed E-state index contributed by atoms with van der Waals surface area (Å²) >= 11 is 0. The van der Waals surface area contributed by atoms with Crippen LogP contribution >= 0.6 is 0 Å². The molecule has 0 aromatic heterocycles. The van der Waals surface area contributed by atoms with Gasteiger partial charge in [0.2, 0.25) is 5.91 Å². The van der Waals surface area contributed by atoms with E-state index in [1.54, 1.807) is 6.07 Å². The van der Waals surface area contributed by atoms with Crippen molar-refractivity contribution in [2.24, 2.45) is 0 Å². The van der Waals surface area contributed by atoms with Crippen molar-refractivity contribution in [3.8, 4) is 5.75 Å². The van der Waals surface area contributed by atoms with Gasteiger partial charge in [0.1, 0.15) is 5.75 Å². The minimum atomic E-state index is -0.160. The molecule has 4 rings (SSSR count). The van der Waals surface area contributed by atoms with Crippen LogP contribution in [0.3, 0.4) is 0 Å². The maximum atomic E-state index is 12.7. The molecule has 2 amide bonds. The second-order valence-corrected chi connectivity index (χ2v) is 7.63. The lowest BCUT2D eigenvalue weighted by atomic mass is 10.1. The van der Waals surface area contributed by atoms with Gasteiger partial charge in [-0.05, 0) is 61.9 Å². The molecule has 2 fully saturated rings. The minimum absolute atomic E-state index is 0.160. The zero-order valence-corrected chi connectivity index (χ0v) is 16.0. The number of nitrogens with zero attached hydrogens (tertiary/aromatic N) is 1. The van der Waals surface area contributed by atoms with Crippen LogP contribution < -0.4 is 10.1 Å². The molecule has 0 spiro atoms. The Morgan fingerprint density at radius 3 is 2.68 bits per heavy atom. The predicted octanol–water partition coefficient (Wildman–Crippen LogP) is 4.38. The summed E-state index contributed by atoms with van der Waals surface area (Å²) in [5.41, 5.74) is 2.29. The molecule has 0 bridgehead atoms. The van der Waals surface area contributed by atoms with E-state index in [2.05, 4.69) is 5.32 Å². The fourth-order valence-corrected chi connectivity index (χ4v) is 3.95. The van der Waals surface area contributed by atoms with E-state index in [0.29, 0.717) is 18.5 Å². The highest BCUT2D eigenvalue weighted by Gasteiger charge is 2.20. The highest BCUT2D eigenvalue weighted by Crippen LogP contribution is 2.26. The van der Waals surface area contributed by atoms with Crippen molar-refractivity contribution in [1.82, 2.24) is 4.90 Å². The van der Waals surface area contributed by atoms with Crippen LogP contribution in [0, 0.1) is 0 Å². The molecule has 5 nitrogen and oxygen atoms in total. The van der Waals surface area contributed by atoms with Gasteiger partial charge in [-0.25, -0.2) is 0 Å². The number of hydrogen-bond donors (Lipinski definition) is 1. The Hall–Kier alpha value is -2.82. The van der Waals surface area contributed by atoms with Gasteiger partial charge in [0.25, 0.3) is 5.91 Å². The third-order valence-corrected chi connectivity index (χ3v) is 5.43. The number of anilines is 1. The molecule has 1 heterocycles. The number of likely N-dealkylation sites (tertiary alicyclic amines) is 1. The summed E-state index contributed by atoms with van der Waals surface area (Å²) in [5, 5.41) is 2.95. The lowest BCUT2D eigenvalue weighted by molar-refractivity contribution is -0.128. The normalized spacial score (nSPS) is 17.1. The molecule has 5 heteroatoms. The van der Waals surface area contributed by atoms with Crippen molar-refractivity contribution in [3.63, 3.8) is 0 Å². The summed E-state index contributed by atoms with van der Waals surface area (Å²) in [6.45, 7) is 1.35. The molecule has 1 aliphatic carbocycles. The molecule has 2 aromatic carbocycles. The molecule has 0 unspecified atom stereocenters. The van der Waals surface area contributed by atoms with Gasteiger partial charge < -0.3 is 15.0 Å². The third-order valence-electron chi connectivity index (χ3n) is 5.43. The lowest BCUT2D eigenvalue weighted by Gasteiger charge is -2.16. The first kappa shape index (κ1) is 18.5. The van der Waals surface area contributed by atoms with E-state index in [-0.39, 0.29) is 17.9 Å². The van der Waals surface area contributed by atoms with Crippen molar-refractivity contribution < 1.29 is 14.3 Å². The Morgan fingerprint density at radius 1 is 1.07 bits per heavy atom. The van der Waals surface area contributed by atoms with Gasteiger partial charge in [-0.2, -0.15) is 0 Å². The fourth-order valence-electron chi connectivity index (χ4n) is 3.95. The quantitative estimate of drug-likeness (QED) is 0.811. The molecule has 1 aliphatic heterocycles. The molecule has 2 aromatic rings. The summed E-state index contributed by atoms with van der Waals surface area (Å²) in [6, 6.07) is 15.1. The first-order valence-corrected chi connectivity index (χ1v) is 10.1.